The van der Waals surface area contributed by atoms with Crippen molar-refractivity contribution in [2.24, 2.45) is 0 Å². The zero-order valence-corrected chi connectivity index (χ0v) is 11.5. The van der Waals surface area contributed by atoms with E-state index < -0.39 is 0 Å². The Balaban J connectivity index is 2.29. The van der Waals surface area contributed by atoms with E-state index in [9.17, 15) is 5.11 Å². The minimum absolute atomic E-state index is 0.0662. The highest BCUT2D eigenvalue weighted by Gasteiger charge is 2.17. The maximum Gasteiger partial charge on any atom is 0.159 e. The third-order valence-corrected chi connectivity index (χ3v) is 3.35. The summed E-state index contributed by atoms with van der Waals surface area (Å²) in [6.07, 6.45) is 3.60. The van der Waals surface area contributed by atoms with Crippen LogP contribution in [0.25, 0.3) is 11.4 Å². The third-order valence-electron chi connectivity index (χ3n) is 3.35. The summed E-state index contributed by atoms with van der Waals surface area (Å²) in [6, 6.07) is 9.93. The molecule has 0 radical (unpaired) electrons. The average Bonchev–Trinajstić information content (AvgIpc) is 3.02. The summed E-state index contributed by atoms with van der Waals surface area (Å²) in [7, 11) is 0. The zero-order chi connectivity index (χ0) is 14.1. The van der Waals surface area contributed by atoms with Gasteiger partial charge >= 0.3 is 0 Å². The first-order valence-corrected chi connectivity index (χ1v) is 6.47. The lowest BCUT2D eigenvalue weighted by atomic mass is 10.2. The van der Waals surface area contributed by atoms with Crippen LogP contribution in [0.1, 0.15) is 17.2 Å². The van der Waals surface area contributed by atoms with Crippen LogP contribution in [0.4, 0.5) is 0 Å². The molecule has 0 unspecified atom stereocenters. The summed E-state index contributed by atoms with van der Waals surface area (Å²) in [5, 5.41) is 9.65. The smallest absolute Gasteiger partial charge is 0.159 e. The molecule has 0 aliphatic heterocycles. The van der Waals surface area contributed by atoms with Crippen LogP contribution in [0.3, 0.4) is 0 Å². The molecule has 0 atom stereocenters. The normalized spacial score (nSPS) is 10.9. The molecule has 5 nitrogen and oxygen atoms in total. The first kappa shape index (κ1) is 12.6. The van der Waals surface area contributed by atoms with E-state index in [4.69, 9.17) is 0 Å². The van der Waals surface area contributed by atoms with Crippen molar-refractivity contribution >= 4 is 0 Å². The predicted molar refractivity (Wildman–Crippen MR) is 76.1 cm³/mol. The van der Waals surface area contributed by atoms with Crippen LogP contribution in [0, 0.1) is 13.8 Å². The monoisotopic (exact) mass is 268 g/mol. The third kappa shape index (κ3) is 1.92. The number of nitrogens with zero attached hydrogens (tertiary/aromatic N) is 4. The second-order valence-electron chi connectivity index (χ2n) is 4.62. The van der Waals surface area contributed by atoms with Gasteiger partial charge in [0.05, 0.1) is 18.0 Å². The maximum absolute atomic E-state index is 9.65. The molecule has 0 saturated heterocycles. The Morgan fingerprint density at radius 1 is 1.15 bits per heavy atom. The fourth-order valence-corrected chi connectivity index (χ4v) is 2.32. The number of aliphatic hydroxyl groups excluding tert-OH is 1. The Labute approximate surface area is 117 Å². The molecule has 3 rings (SSSR count). The van der Waals surface area contributed by atoms with E-state index in [1.165, 1.54) is 0 Å². The molecule has 0 aliphatic carbocycles. The molecular weight excluding hydrogens is 252 g/mol. The van der Waals surface area contributed by atoms with E-state index in [1.54, 1.807) is 6.20 Å². The SMILES string of the molecule is Cc1nc(-c2ccccc2)n(-n2ccnc2C)c1CO. The van der Waals surface area contributed by atoms with Crippen molar-refractivity contribution in [3.8, 4) is 11.4 Å². The number of benzene rings is 1. The van der Waals surface area contributed by atoms with E-state index in [0.717, 1.165) is 28.6 Å². The summed E-state index contributed by atoms with van der Waals surface area (Å²) in [6.45, 7) is 3.76. The first-order valence-electron chi connectivity index (χ1n) is 6.47. The Bertz CT molecular complexity index is 728. The van der Waals surface area contributed by atoms with Crippen LogP contribution >= 0.6 is 0 Å². The van der Waals surface area contributed by atoms with Crippen LogP contribution in [0.2, 0.25) is 0 Å². The van der Waals surface area contributed by atoms with E-state index in [0.29, 0.717) is 0 Å². The molecule has 5 heteroatoms. The second-order valence-corrected chi connectivity index (χ2v) is 4.62. The molecular formula is C15H16N4O. The van der Waals surface area contributed by atoms with Gasteiger partial charge in [-0.1, -0.05) is 30.3 Å². The van der Waals surface area contributed by atoms with Gasteiger partial charge in [0.2, 0.25) is 0 Å². The van der Waals surface area contributed by atoms with Gasteiger partial charge in [0.15, 0.2) is 5.82 Å². The van der Waals surface area contributed by atoms with Crippen LogP contribution in [0.15, 0.2) is 42.7 Å². The number of rotatable bonds is 3. The van der Waals surface area contributed by atoms with E-state index >= 15 is 0 Å². The molecule has 0 saturated carbocycles. The average molecular weight is 268 g/mol. The van der Waals surface area contributed by atoms with Gasteiger partial charge in [0, 0.05) is 18.0 Å². The largest absolute Gasteiger partial charge is 0.390 e. The number of aliphatic hydroxyl groups is 1. The molecule has 2 aromatic heterocycles. The van der Waals surface area contributed by atoms with Gasteiger partial charge < -0.3 is 5.11 Å². The van der Waals surface area contributed by atoms with Crippen molar-refractivity contribution in [3.63, 3.8) is 0 Å². The highest BCUT2D eigenvalue weighted by molar-refractivity contribution is 5.56. The molecule has 0 bridgehead atoms. The highest BCUT2D eigenvalue weighted by atomic mass is 16.3. The molecule has 102 valence electrons. The van der Waals surface area contributed by atoms with E-state index in [1.807, 2.05) is 59.7 Å². The van der Waals surface area contributed by atoms with Crippen molar-refractivity contribution in [2.75, 3.05) is 0 Å². The first-order chi connectivity index (χ1) is 9.72. The van der Waals surface area contributed by atoms with Crippen LogP contribution in [-0.2, 0) is 6.61 Å². The number of imidazole rings is 2. The van der Waals surface area contributed by atoms with Gasteiger partial charge in [-0.05, 0) is 13.8 Å². The molecule has 0 fully saturated rings. The van der Waals surface area contributed by atoms with E-state index in [-0.39, 0.29) is 6.61 Å². The van der Waals surface area contributed by atoms with Gasteiger partial charge in [-0.15, -0.1) is 0 Å². The molecule has 20 heavy (non-hydrogen) atoms. The summed E-state index contributed by atoms with van der Waals surface area (Å²) in [5.41, 5.74) is 2.59. The van der Waals surface area contributed by atoms with Crippen LogP contribution in [0.5, 0.6) is 0 Å². The maximum atomic E-state index is 9.65. The molecule has 3 aromatic rings. The Hall–Kier alpha value is -2.40. The molecule has 1 aromatic carbocycles. The zero-order valence-electron chi connectivity index (χ0n) is 11.5. The summed E-state index contributed by atoms with van der Waals surface area (Å²) < 4.78 is 3.81. The van der Waals surface area contributed by atoms with Gasteiger partial charge in [-0.2, -0.15) is 0 Å². The van der Waals surface area contributed by atoms with Gasteiger partial charge in [0.25, 0.3) is 0 Å². The number of hydrogen-bond donors (Lipinski definition) is 1. The second kappa shape index (κ2) is 4.94. The lowest BCUT2D eigenvalue weighted by molar-refractivity contribution is 0.268. The standard InChI is InChI=1S/C15H16N4O/c1-11-14(10-20)19(18-9-8-16-12(18)2)15(17-11)13-6-4-3-5-7-13/h3-9,20H,10H2,1-2H3. The molecule has 0 amide bonds. The lowest BCUT2D eigenvalue weighted by Crippen LogP contribution is -2.15. The Kier molecular flexibility index (Phi) is 3.12. The minimum Gasteiger partial charge on any atom is -0.390 e. The van der Waals surface area contributed by atoms with Gasteiger partial charge in [0.1, 0.15) is 5.82 Å². The number of hydrogen-bond acceptors (Lipinski definition) is 3. The molecule has 2 heterocycles. The van der Waals surface area contributed by atoms with E-state index in [2.05, 4.69) is 9.97 Å². The highest BCUT2D eigenvalue weighted by Crippen LogP contribution is 2.23. The van der Waals surface area contributed by atoms with Crippen molar-refractivity contribution in [3.05, 3.63) is 59.9 Å². The van der Waals surface area contributed by atoms with Crippen LogP contribution < -0.4 is 0 Å². The predicted octanol–water partition coefficient (Wildman–Crippen LogP) is 2.17. The Morgan fingerprint density at radius 2 is 1.90 bits per heavy atom. The molecule has 1 N–H and O–H groups in total. The fraction of sp³-hybridized carbons (Fsp3) is 0.200. The van der Waals surface area contributed by atoms with Crippen LogP contribution in [-0.4, -0.2) is 24.4 Å². The summed E-state index contributed by atoms with van der Waals surface area (Å²) in [4.78, 5) is 8.85. The number of aromatic nitrogens is 4. The lowest BCUT2D eigenvalue weighted by Gasteiger charge is -2.13. The topological polar surface area (TPSA) is 55.9 Å². The molecule has 0 aliphatic rings. The Morgan fingerprint density at radius 3 is 2.50 bits per heavy atom. The van der Waals surface area contributed by atoms with Gasteiger partial charge in [-0.25, -0.2) is 19.3 Å². The fourth-order valence-electron chi connectivity index (χ4n) is 2.32. The van der Waals surface area contributed by atoms with Crippen molar-refractivity contribution < 1.29 is 5.11 Å². The minimum atomic E-state index is -0.0662. The summed E-state index contributed by atoms with van der Waals surface area (Å²) in [5.74, 6) is 1.64. The summed E-state index contributed by atoms with van der Waals surface area (Å²) >= 11 is 0. The van der Waals surface area contributed by atoms with Crippen molar-refractivity contribution in [1.82, 2.24) is 19.3 Å². The van der Waals surface area contributed by atoms with Crippen molar-refractivity contribution in [1.29, 1.82) is 0 Å². The van der Waals surface area contributed by atoms with Crippen molar-refractivity contribution in [2.45, 2.75) is 20.5 Å². The van der Waals surface area contributed by atoms with Gasteiger partial charge in [-0.3, -0.25) is 0 Å². The number of aryl methyl sites for hydroxylation is 2. The molecule has 0 spiro atoms. The quantitative estimate of drug-likeness (QED) is 0.792.